The van der Waals surface area contributed by atoms with E-state index in [1.165, 1.54) is 0 Å². The molecule has 0 unspecified atom stereocenters. The molecule has 3 nitrogen and oxygen atoms in total. The van der Waals surface area contributed by atoms with Gasteiger partial charge in [0, 0.05) is 34.3 Å². The van der Waals surface area contributed by atoms with Gasteiger partial charge < -0.3 is 10.6 Å². The lowest BCUT2D eigenvalue weighted by atomic mass is 10.1. The number of halogens is 2. The number of carbonyl (C=O) groups is 1. The highest BCUT2D eigenvalue weighted by Gasteiger charge is 2.14. The van der Waals surface area contributed by atoms with E-state index in [1.807, 2.05) is 19.1 Å². The van der Waals surface area contributed by atoms with E-state index in [9.17, 15) is 4.79 Å². The van der Waals surface area contributed by atoms with Gasteiger partial charge >= 0.3 is 0 Å². The summed E-state index contributed by atoms with van der Waals surface area (Å²) in [6.07, 6.45) is 0. The van der Waals surface area contributed by atoms with Gasteiger partial charge in [0.05, 0.1) is 0 Å². The summed E-state index contributed by atoms with van der Waals surface area (Å²) in [5.41, 5.74) is 8.90. The van der Waals surface area contributed by atoms with Crippen molar-refractivity contribution in [2.45, 2.75) is 13.5 Å². The second-order valence-electron chi connectivity index (χ2n) is 4.98. The minimum atomic E-state index is -0.0518. The fraction of sp³-hybridized carbons (Fsp3) is 0.188. The Morgan fingerprint density at radius 2 is 2.00 bits per heavy atom. The van der Waals surface area contributed by atoms with Crippen molar-refractivity contribution in [3.05, 3.63) is 62.6 Å². The fourth-order valence-electron chi connectivity index (χ4n) is 2.04. The van der Waals surface area contributed by atoms with Crippen molar-refractivity contribution in [2.75, 3.05) is 12.8 Å². The third kappa shape index (κ3) is 3.77. The number of hydrogen-bond donors (Lipinski definition) is 1. The molecule has 2 aromatic rings. The first kappa shape index (κ1) is 15.9. The van der Waals surface area contributed by atoms with Gasteiger partial charge in [0.25, 0.3) is 5.91 Å². The van der Waals surface area contributed by atoms with Crippen molar-refractivity contribution >= 4 is 39.1 Å². The van der Waals surface area contributed by atoms with Gasteiger partial charge in [-0.05, 0) is 54.4 Å². The SMILES string of the molecule is Cc1cc(C(=O)N(C)Cc2cc(N)ccc2Cl)ccc1Br. The number of benzene rings is 2. The van der Waals surface area contributed by atoms with Crippen molar-refractivity contribution in [3.8, 4) is 0 Å². The highest BCUT2D eigenvalue weighted by molar-refractivity contribution is 9.10. The predicted molar refractivity (Wildman–Crippen MR) is 90.5 cm³/mol. The molecule has 0 aliphatic heterocycles. The Labute approximate surface area is 137 Å². The van der Waals surface area contributed by atoms with Crippen LogP contribution in [0, 0.1) is 6.92 Å². The zero-order chi connectivity index (χ0) is 15.6. The number of carbonyl (C=O) groups excluding carboxylic acids is 1. The molecule has 21 heavy (non-hydrogen) atoms. The van der Waals surface area contributed by atoms with E-state index >= 15 is 0 Å². The zero-order valence-corrected chi connectivity index (χ0v) is 14.2. The van der Waals surface area contributed by atoms with Crippen LogP contribution in [0.25, 0.3) is 0 Å². The molecule has 0 aliphatic rings. The number of aryl methyl sites for hydroxylation is 1. The number of rotatable bonds is 3. The van der Waals surface area contributed by atoms with Crippen molar-refractivity contribution in [1.82, 2.24) is 4.90 Å². The molecule has 2 rings (SSSR count). The van der Waals surface area contributed by atoms with Gasteiger partial charge in [0.15, 0.2) is 0 Å². The smallest absolute Gasteiger partial charge is 0.253 e. The highest BCUT2D eigenvalue weighted by atomic mass is 79.9. The minimum absolute atomic E-state index is 0.0518. The van der Waals surface area contributed by atoms with Crippen LogP contribution in [0.4, 0.5) is 5.69 Å². The lowest BCUT2D eigenvalue weighted by Crippen LogP contribution is -2.26. The van der Waals surface area contributed by atoms with Crippen LogP contribution >= 0.6 is 27.5 Å². The summed E-state index contributed by atoms with van der Waals surface area (Å²) in [6, 6.07) is 10.8. The summed E-state index contributed by atoms with van der Waals surface area (Å²) in [6.45, 7) is 2.37. The Balaban J connectivity index is 2.19. The van der Waals surface area contributed by atoms with Gasteiger partial charge in [-0.15, -0.1) is 0 Å². The fourth-order valence-corrected chi connectivity index (χ4v) is 2.47. The summed E-state index contributed by atoms with van der Waals surface area (Å²) in [4.78, 5) is 14.1. The van der Waals surface area contributed by atoms with Crippen LogP contribution in [-0.2, 0) is 6.54 Å². The number of hydrogen-bond acceptors (Lipinski definition) is 2. The molecular formula is C16H16BrClN2O. The molecule has 110 valence electrons. The van der Waals surface area contributed by atoms with Gasteiger partial charge in [-0.3, -0.25) is 4.79 Å². The molecule has 0 bridgehead atoms. The average molecular weight is 368 g/mol. The van der Waals surface area contributed by atoms with Crippen LogP contribution in [0.1, 0.15) is 21.5 Å². The van der Waals surface area contributed by atoms with Gasteiger partial charge in [0.1, 0.15) is 0 Å². The Bertz CT molecular complexity index is 688. The predicted octanol–water partition coefficient (Wildman–Crippen LogP) is 4.27. The van der Waals surface area contributed by atoms with Crippen LogP contribution in [-0.4, -0.2) is 17.9 Å². The van der Waals surface area contributed by atoms with E-state index in [2.05, 4.69) is 15.9 Å². The first-order valence-electron chi connectivity index (χ1n) is 6.44. The summed E-state index contributed by atoms with van der Waals surface area (Å²) in [7, 11) is 1.75. The summed E-state index contributed by atoms with van der Waals surface area (Å²) in [5.74, 6) is -0.0518. The van der Waals surface area contributed by atoms with E-state index in [0.29, 0.717) is 22.8 Å². The standard InChI is InChI=1S/C16H16BrClN2O/c1-10-7-11(3-5-14(10)17)16(21)20(2)9-12-8-13(19)4-6-15(12)18/h3-8H,9,19H2,1-2H3. The average Bonchev–Trinajstić information content (AvgIpc) is 2.45. The molecule has 0 heterocycles. The van der Waals surface area contributed by atoms with Gasteiger partial charge in [-0.1, -0.05) is 27.5 Å². The van der Waals surface area contributed by atoms with Crippen LogP contribution < -0.4 is 5.73 Å². The molecule has 1 amide bonds. The Morgan fingerprint density at radius 3 is 2.67 bits per heavy atom. The van der Waals surface area contributed by atoms with Crippen LogP contribution in [0.2, 0.25) is 5.02 Å². The molecule has 0 atom stereocenters. The third-order valence-corrected chi connectivity index (χ3v) is 4.49. The van der Waals surface area contributed by atoms with Crippen LogP contribution in [0.3, 0.4) is 0 Å². The van der Waals surface area contributed by atoms with Crippen molar-refractivity contribution < 1.29 is 4.79 Å². The lowest BCUT2D eigenvalue weighted by molar-refractivity contribution is 0.0785. The van der Waals surface area contributed by atoms with Crippen LogP contribution in [0.5, 0.6) is 0 Å². The Kier molecular flexibility index (Phi) is 4.91. The summed E-state index contributed by atoms with van der Waals surface area (Å²) >= 11 is 9.57. The van der Waals surface area contributed by atoms with Gasteiger partial charge in [-0.2, -0.15) is 0 Å². The second kappa shape index (κ2) is 6.50. The molecule has 0 aromatic heterocycles. The number of nitrogens with two attached hydrogens (primary N) is 1. The maximum Gasteiger partial charge on any atom is 0.253 e. The lowest BCUT2D eigenvalue weighted by Gasteiger charge is -2.19. The van der Waals surface area contributed by atoms with Crippen molar-refractivity contribution in [1.29, 1.82) is 0 Å². The molecule has 0 radical (unpaired) electrons. The minimum Gasteiger partial charge on any atom is -0.399 e. The molecule has 0 fully saturated rings. The van der Waals surface area contributed by atoms with Gasteiger partial charge in [-0.25, -0.2) is 0 Å². The maximum atomic E-state index is 12.4. The summed E-state index contributed by atoms with van der Waals surface area (Å²) in [5, 5.41) is 0.607. The number of nitrogen functional groups attached to an aromatic ring is 1. The van der Waals surface area contributed by atoms with E-state index in [1.54, 1.807) is 36.2 Å². The van der Waals surface area contributed by atoms with Crippen molar-refractivity contribution in [3.63, 3.8) is 0 Å². The molecule has 2 N–H and O–H groups in total. The zero-order valence-electron chi connectivity index (χ0n) is 11.9. The Morgan fingerprint density at radius 1 is 1.29 bits per heavy atom. The second-order valence-corrected chi connectivity index (χ2v) is 6.24. The molecule has 0 saturated heterocycles. The molecule has 0 saturated carbocycles. The topological polar surface area (TPSA) is 46.3 Å². The largest absolute Gasteiger partial charge is 0.399 e. The summed E-state index contributed by atoms with van der Waals surface area (Å²) < 4.78 is 0.987. The first-order valence-corrected chi connectivity index (χ1v) is 7.61. The maximum absolute atomic E-state index is 12.4. The molecule has 2 aromatic carbocycles. The molecular weight excluding hydrogens is 352 g/mol. The molecule has 5 heteroatoms. The third-order valence-electron chi connectivity index (χ3n) is 3.23. The van der Waals surface area contributed by atoms with Gasteiger partial charge in [0.2, 0.25) is 0 Å². The van der Waals surface area contributed by atoms with Crippen molar-refractivity contribution in [2.24, 2.45) is 0 Å². The number of nitrogens with zero attached hydrogens (tertiary/aromatic N) is 1. The monoisotopic (exact) mass is 366 g/mol. The van der Waals surface area contributed by atoms with E-state index in [-0.39, 0.29) is 5.91 Å². The quantitative estimate of drug-likeness (QED) is 0.824. The number of amides is 1. The highest BCUT2D eigenvalue weighted by Crippen LogP contribution is 2.22. The molecule has 0 spiro atoms. The van der Waals surface area contributed by atoms with Crippen LogP contribution in [0.15, 0.2) is 40.9 Å². The first-order chi connectivity index (χ1) is 9.88. The van der Waals surface area contributed by atoms with E-state index in [4.69, 9.17) is 17.3 Å². The number of anilines is 1. The van der Waals surface area contributed by atoms with E-state index < -0.39 is 0 Å². The normalized spacial score (nSPS) is 10.5. The Hall–Kier alpha value is -1.52. The van der Waals surface area contributed by atoms with E-state index in [0.717, 1.165) is 15.6 Å². The molecule has 0 aliphatic carbocycles.